The van der Waals surface area contributed by atoms with Crippen molar-refractivity contribution in [2.45, 2.75) is 49.7 Å². The Morgan fingerprint density at radius 2 is 1.18 bits per heavy atom. The molecular weight excluding hydrogens is 348 g/mol. The maximum absolute atomic E-state index is 13.5. The molecule has 0 heterocycles. The van der Waals surface area contributed by atoms with Crippen molar-refractivity contribution in [1.82, 2.24) is 0 Å². The molecule has 2 N–H and O–H groups in total. The summed E-state index contributed by atoms with van der Waals surface area (Å²) in [7, 11) is 0. The fraction of sp³-hybridized carbons (Fsp3) is 0.320. The number of ketones is 1. The number of rotatable bonds is 4. The van der Waals surface area contributed by atoms with Crippen LogP contribution in [0, 0.1) is 23.7 Å². The van der Waals surface area contributed by atoms with Crippen LogP contribution in [0.1, 0.15) is 65.6 Å². The lowest BCUT2D eigenvalue weighted by atomic mass is 9.79. The zero-order valence-corrected chi connectivity index (χ0v) is 15.7. The van der Waals surface area contributed by atoms with Crippen molar-refractivity contribution >= 4 is 5.78 Å². The molecule has 2 aliphatic rings. The molecule has 2 atom stereocenters. The van der Waals surface area contributed by atoms with Gasteiger partial charge in [-0.1, -0.05) is 72.2 Å². The Labute approximate surface area is 165 Å². The lowest BCUT2D eigenvalue weighted by molar-refractivity contribution is 0.0796. The van der Waals surface area contributed by atoms with E-state index in [2.05, 4.69) is 23.7 Å². The van der Waals surface area contributed by atoms with Crippen molar-refractivity contribution in [2.24, 2.45) is 0 Å². The van der Waals surface area contributed by atoms with Crippen molar-refractivity contribution in [3.8, 4) is 23.7 Å². The third-order valence-electron chi connectivity index (χ3n) is 5.51. The minimum atomic E-state index is -1.32. The number of carbonyl (C=O) groups is 1. The molecule has 0 bridgehead atoms. The van der Waals surface area contributed by atoms with Gasteiger partial charge in [0.2, 0.25) is 0 Å². The van der Waals surface area contributed by atoms with Gasteiger partial charge in [-0.3, -0.25) is 4.79 Å². The highest BCUT2D eigenvalue weighted by Gasteiger charge is 2.35. The molecule has 0 amide bonds. The van der Waals surface area contributed by atoms with Gasteiger partial charge in [0.25, 0.3) is 0 Å². The smallest absolute Gasteiger partial charge is 0.193 e. The standard InChI is InChI=1S/C25H22O3/c26-23(19-11-3-5-13-21(19)24(27)15-7-1-8-16-24)20-12-4-6-14-22(20)25(28)17-9-2-10-18-25/h3-6,11-14,27-28H,1-2,7,9,15,17H2. The Kier molecular flexibility index (Phi) is 4.82. The highest BCUT2D eigenvalue weighted by atomic mass is 16.3. The molecule has 140 valence electrons. The quantitative estimate of drug-likeness (QED) is 0.638. The van der Waals surface area contributed by atoms with Crippen LogP contribution in [0.4, 0.5) is 0 Å². The van der Waals surface area contributed by atoms with Gasteiger partial charge in [0, 0.05) is 35.1 Å². The topological polar surface area (TPSA) is 57.5 Å². The van der Waals surface area contributed by atoms with Gasteiger partial charge in [0.15, 0.2) is 17.0 Å². The minimum absolute atomic E-state index is 0.229. The van der Waals surface area contributed by atoms with E-state index in [1.165, 1.54) is 0 Å². The first kappa shape index (κ1) is 18.5. The Balaban J connectivity index is 1.82. The number of hydrogen-bond donors (Lipinski definition) is 2. The molecule has 0 radical (unpaired) electrons. The second-order valence-corrected chi connectivity index (χ2v) is 7.45. The summed E-state index contributed by atoms with van der Waals surface area (Å²) in [6, 6.07) is 14.2. The normalized spacial score (nSPS) is 25.8. The van der Waals surface area contributed by atoms with Gasteiger partial charge in [0.1, 0.15) is 0 Å². The molecule has 0 aromatic heterocycles. The van der Waals surface area contributed by atoms with E-state index >= 15 is 0 Å². The molecule has 0 saturated heterocycles. The van der Waals surface area contributed by atoms with Crippen LogP contribution in [0.3, 0.4) is 0 Å². The maximum Gasteiger partial charge on any atom is 0.193 e. The van der Waals surface area contributed by atoms with Crippen LogP contribution in [0.25, 0.3) is 0 Å². The van der Waals surface area contributed by atoms with Crippen LogP contribution in [-0.4, -0.2) is 16.0 Å². The second-order valence-electron chi connectivity index (χ2n) is 7.45. The zero-order valence-electron chi connectivity index (χ0n) is 15.7. The summed E-state index contributed by atoms with van der Waals surface area (Å²) in [4.78, 5) is 13.5. The fourth-order valence-electron chi connectivity index (χ4n) is 4.04. The molecule has 3 nitrogen and oxygen atoms in total. The van der Waals surface area contributed by atoms with Crippen LogP contribution in [0.2, 0.25) is 0 Å². The van der Waals surface area contributed by atoms with Gasteiger partial charge in [-0.15, -0.1) is 0 Å². The van der Waals surface area contributed by atoms with Gasteiger partial charge in [0.05, 0.1) is 0 Å². The number of carbonyl (C=O) groups excluding carboxylic acids is 1. The van der Waals surface area contributed by atoms with Crippen molar-refractivity contribution in [3.05, 3.63) is 70.8 Å². The van der Waals surface area contributed by atoms with Crippen molar-refractivity contribution in [1.29, 1.82) is 0 Å². The Morgan fingerprint density at radius 3 is 1.57 bits per heavy atom. The molecule has 3 heteroatoms. The average molecular weight is 370 g/mol. The van der Waals surface area contributed by atoms with E-state index in [1.807, 2.05) is 12.1 Å². The summed E-state index contributed by atoms with van der Waals surface area (Å²) in [5.74, 6) is 11.6. The Bertz CT molecular complexity index is 963. The predicted molar refractivity (Wildman–Crippen MR) is 107 cm³/mol. The lowest BCUT2D eigenvalue weighted by Gasteiger charge is -2.29. The molecule has 2 aliphatic carbocycles. The summed E-state index contributed by atoms with van der Waals surface area (Å²) < 4.78 is 0. The van der Waals surface area contributed by atoms with E-state index in [-0.39, 0.29) is 5.78 Å². The molecule has 2 aromatic rings. The third kappa shape index (κ3) is 3.25. The number of aliphatic hydroxyl groups is 2. The zero-order chi connectivity index (χ0) is 19.6. The van der Waals surface area contributed by atoms with E-state index in [4.69, 9.17) is 0 Å². The van der Waals surface area contributed by atoms with E-state index < -0.39 is 11.2 Å². The van der Waals surface area contributed by atoms with Crippen LogP contribution in [-0.2, 0) is 11.2 Å². The molecule has 28 heavy (non-hydrogen) atoms. The van der Waals surface area contributed by atoms with Gasteiger partial charge < -0.3 is 10.2 Å². The minimum Gasteiger partial charge on any atom is -0.373 e. The van der Waals surface area contributed by atoms with Crippen LogP contribution >= 0.6 is 0 Å². The van der Waals surface area contributed by atoms with Gasteiger partial charge in [-0.05, 0) is 25.7 Å². The first-order chi connectivity index (χ1) is 13.5. The van der Waals surface area contributed by atoms with Gasteiger partial charge in [-0.25, -0.2) is 0 Å². The Morgan fingerprint density at radius 1 is 0.750 bits per heavy atom. The monoisotopic (exact) mass is 370 g/mol. The molecular formula is C25H22O3. The summed E-state index contributed by atoms with van der Waals surface area (Å²) in [6.07, 6.45) is 4.10. The molecule has 0 fully saturated rings. The SMILES string of the molecule is O=C(c1ccccc1C1(O)C#CCCC1)c1ccccc1C1(O)C#CCCC1. The van der Waals surface area contributed by atoms with Crippen molar-refractivity contribution < 1.29 is 15.0 Å². The second kappa shape index (κ2) is 7.28. The predicted octanol–water partition coefficient (Wildman–Crippen LogP) is 3.67. The first-order valence-corrected chi connectivity index (χ1v) is 9.72. The molecule has 2 unspecified atom stereocenters. The highest BCUT2D eigenvalue weighted by Crippen LogP contribution is 2.35. The third-order valence-corrected chi connectivity index (χ3v) is 5.51. The molecule has 2 aromatic carbocycles. The molecule has 0 saturated carbocycles. The van der Waals surface area contributed by atoms with Crippen molar-refractivity contribution in [3.63, 3.8) is 0 Å². The lowest BCUT2D eigenvalue weighted by Crippen LogP contribution is -2.30. The fourth-order valence-corrected chi connectivity index (χ4v) is 4.04. The molecule has 4 rings (SSSR count). The van der Waals surface area contributed by atoms with Crippen molar-refractivity contribution in [2.75, 3.05) is 0 Å². The van der Waals surface area contributed by atoms with E-state index in [0.717, 1.165) is 25.7 Å². The maximum atomic E-state index is 13.5. The Hall–Kier alpha value is -2.85. The number of hydrogen-bond acceptors (Lipinski definition) is 3. The molecule has 0 spiro atoms. The summed E-state index contributed by atoms with van der Waals surface area (Å²) in [5.41, 5.74) is -0.739. The molecule has 0 aliphatic heterocycles. The summed E-state index contributed by atoms with van der Waals surface area (Å²) >= 11 is 0. The van der Waals surface area contributed by atoms with E-state index in [0.29, 0.717) is 35.1 Å². The highest BCUT2D eigenvalue weighted by molar-refractivity contribution is 6.11. The summed E-state index contributed by atoms with van der Waals surface area (Å²) in [6.45, 7) is 0. The van der Waals surface area contributed by atoms with Crippen LogP contribution in [0.5, 0.6) is 0 Å². The van der Waals surface area contributed by atoms with E-state index in [9.17, 15) is 15.0 Å². The van der Waals surface area contributed by atoms with Crippen LogP contribution < -0.4 is 0 Å². The summed E-state index contributed by atoms with van der Waals surface area (Å²) in [5, 5.41) is 22.2. The largest absolute Gasteiger partial charge is 0.373 e. The average Bonchev–Trinajstić information content (AvgIpc) is 2.74. The van der Waals surface area contributed by atoms with Gasteiger partial charge in [-0.2, -0.15) is 0 Å². The number of benzene rings is 2. The van der Waals surface area contributed by atoms with Crippen LogP contribution in [0.15, 0.2) is 48.5 Å². The van der Waals surface area contributed by atoms with E-state index in [1.54, 1.807) is 36.4 Å². The van der Waals surface area contributed by atoms with Gasteiger partial charge >= 0.3 is 0 Å². The first-order valence-electron chi connectivity index (χ1n) is 9.72.